The molecule has 0 fully saturated rings. The molecule has 0 bridgehead atoms. The minimum Gasteiger partial charge on any atom is -0.469 e. The summed E-state index contributed by atoms with van der Waals surface area (Å²) < 4.78 is 46.7. The Morgan fingerprint density at radius 1 is 1.20 bits per heavy atom. The Morgan fingerprint density at radius 3 is 2.24 bits per heavy atom. The summed E-state index contributed by atoms with van der Waals surface area (Å²) in [5.41, 5.74) is 1.03. The Labute approximate surface area is 145 Å². The van der Waals surface area contributed by atoms with Gasteiger partial charge >= 0.3 is 18.1 Å². The smallest absolute Gasteiger partial charge is 0.469 e. The third-order valence-corrected chi connectivity index (χ3v) is 3.43. The normalized spacial score (nSPS) is 10.4. The predicted octanol–water partition coefficient (Wildman–Crippen LogP) is 1.78. The number of esters is 2. The Kier molecular flexibility index (Phi) is 7.92. The van der Waals surface area contributed by atoms with E-state index >= 15 is 0 Å². The molecule has 0 saturated heterocycles. The molecule has 7 nitrogen and oxygen atoms in total. The Balaban J connectivity index is 0.000000333. The van der Waals surface area contributed by atoms with Crippen LogP contribution in [0, 0.1) is 0 Å². The molecule has 0 spiro atoms. The lowest BCUT2D eigenvalue weighted by atomic mass is 10.3. The third-order valence-electron chi connectivity index (χ3n) is 2.72. The minimum absolute atomic E-state index is 0.203. The third kappa shape index (κ3) is 7.25. The van der Waals surface area contributed by atoms with Gasteiger partial charge in [-0.05, 0) is 11.5 Å². The van der Waals surface area contributed by atoms with E-state index in [0.29, 0.717) is 20.1 Å². The SMILES string of the molecule is COC(=O)C(F)(F)F.COC(=O)CC[n+]1ccc(-c2ncns2)cc1. The average Bonchev–Trinajstić information content (AvgIpc) is 3.13. The van der Waals surface area contributed by atoms with Crippen molar-refractivity contribution in [3.8, 4) is 10.6 Å². The molecule has 0 radical (unpaired) electrons. The van der Waals surface area contributed by atoms with Crippen LogP contribution in [0.3, 0.4) is 0 Å². The zero-order chi connectivity index (χ0) is 18.9. The molecule has 11 heteroatoms. The highest BCUT2D eigenvalue weighted by atomic mass is 32.1. The zero-order valence-corrected chi connectivity index (χ0v) is 14.1. The molecule has 2 rings (SSSR count). The molecule has 136 valence electrons. The molecule has 2 heterocycles. The summed E-state index contributed by atoms with van der Waals surface area (Å²) >= 11 is 1.36. The summed E-state index contributed by atoms with van der Waals surface area (Å²) in [4.78, 5) is 24.6. The summed E-state index contributed by atoms with van der Waals surface area (Å²) in [6, 6.07) is 3.91. The molecular formula is C14H15F3N3O4S+. The van der Waals surface area contributed by atoms with Gasteiger partial charge in [0.15, 0.2) is 18.9 Å². The van der Waals surface area contributed by atoms with Crippen LogP contribution < -0.4 is 4.57 Å². The number of hydrogen-bond acceptors (Lipinski definition) is 7. The molecule has 2 aromatic heterocycles. The number of ether oxygens (including phenoxy) is 2. The zero-order valence-electron chi connectivity index (χ0n) is 13.3. The first-order chi connectivity index (χ1) is 11.8. The second-order valence-corrected chi connectivity index (χ2v) is 5.17. The number of alkyl halides is 3. The minimum atomic E-state index is -4.85. The van der Waals surface area contributed by atoms with Crippen molar-refractivity contribution >= 4 is 23.5 Å². The molecule has 0 aliphatic heterocycles. The highest BCUT2D eigenvalue weighted by molar-refractivity contribution is 7.09. The van der Waals surface area contributed by atoms with Gasteiger partial charge in [0.05, 0.1) is 14.2 Å². The number of nitrogens with zero attached hydrogens (tertiary/aromatic N) is 3. The van der Waals surface area contributed by atoms with Crippen LogP contribution in [0.4, 0.5) is 13.2 Å². The van der Waals surface area contributed by atoms with Crippen LogP contribution in [0.2, 0.25) is 0 Å². The van der Waals surface area contributed by atoms with Gasteiger partial charge in [-0.2, -0.15) is 17.5 Å². The molecule has 2 aromatic rings. The molecule has 0 atom stereocenters. The first kappa shape index (κ1) is 20.5. The van der Waals surface area contributed by atoms with Crippen LogP contribution in [-0.4, -0.2) is 41.7 Å². The van der Waals surface area contributed by atoms with E-state index in [1.165, 1.54) is 25.0 Å². The van der Waals surface area contributed by atoms with Gasteiger partial charge in [0, 0.05) is 17.7 Å². The van der Waals surface area contributed by atoms with Gasteiger partial charge < -0.3 is 9.47 Å². The van der Waals surface area contributed by atoms with E-state index in [9.17, 15) is 22.8 Å². The van der Waals surface area contributed by atoms with Gasteiger partial charge in [0.25, 0.3) is 0 Å². The first-order valence-corrected chi connectivity index (χ1v) is 7.53. The average molecular weight is 378 g/mol. The highest BCUT2D eigenvalue weighted by Gasteiger charge is 2.40. The number of hydrogen-bond donors (Lipinski definition) is 0. The Morgan fingerprint density at radius 2 is 1.84 bits per heavy atom. The first-order valence-electron chi connectivity index (χ1n) is 6.76. The van der Waals surface area contributed by atoms with Crippen molar-refractivity contribution in [3.63, 3.8) is 0 Å². The fourth-order valence-corrected chi connectivity index (χ4v) is 2.02. The molecular weight excluding hydrogens is 363 g/mol. The van der Waals surface area contributed by atoms with Crippen molar-refractivity contribution in [1.29, 1.82) is 0 Å². The lowest BCUT2D eigenvalue weighted by Gasteiger charge is -1.99. The molecule has 0 aliphatic rings. The second-order valence-electron chi connectivity index (χ2n) is 4.39. The fourth-order valence-electron chi connectivity index (χ4n) is 1.49. The van der Waals surface area contributed by atoms with Crippen LogP contribution in [0.25, 0.3) is 10.6 Å². The van der Waals surface area contributed by atoms with E-state index in [1.54, 1.807) is 0 Å². The summed E-state index contributed by atoms with van der Waals surface area (Å²) in [5, 5.41) is 0.894. The Bertz CT molecular complexity index is 676. The monoisotopic (exact) mass is 378 g/mol. The van der Waals surface area contributed by atoms with E-state index in [4.69, 9.17) is 0 Å². The number of halogens is 3. The van der Waals surface area contributed by atoms with Gasteiger partial charge in [0.2, 0.25) is 0 Å². The number of pyridine rings is 1. The maximum absolute atomic E-state index is 11.0. The van der Waals surface area contributed by atoms with Crippen LogP contribution in [0.15, 0.2) is 30.9 Å². The predicted molar refractivity (Wildman–Crippen MR) is 80.2 cm³/mol. The largest absolute Gasteiger partial charge is 0.490 e. The van der Waals surface area contributed by atoms with Crippen molar-refractivity contribution < 1.29 is 36.8 Å². The lowest BCUT2D eigenvalue weighted by molar-refractivity contribution is -0.695. The Hall–Kier alpha value is -2.56. The van der Waals surface area contributed by atoms with E-state index < -0.39 is 12.1 Å². The lowest BCUT2D eigenvalue weighted by Crippen LogP contribution is -2.33. The second kappa shape index (κ2) is 9.67. The quantitative estimate of drug-likeness (QED) is 0.596. The summed E-state index contributed by atoms with van der Waals surface area (Å²) in [6.45, 7) is 0.614. The fraction of sp³-hybridized carbons (Fsp3) is 0.357. The number of aryl methyl sites for hydroxylation is 1. The van der Waals surface area contributed by atoms with E-state index in [0.717, 1.165) is 10.6 Å². The van der Waals surface area contributed by atoms with Crippen molar-refractivity contribution in [1.82, 2.24) is 9.36 Å². The van der Waals surface area contributed by atoms with Crippen molar-refractivity contribution in [2.75, 3.05) is 14.2 Å². The number of aromatic nitrogens is 3. The molecule has 25 heavy (non-hydrogen) atoms. The van der Waals surface area contributed by atoms with Crippen LogP contribution in [0.1, 0.15) is 6.42 Å². The number of carbonyl (C=O) groups excluding carboxylic acids is 2. The molecule has 0 saturated carbocycles. The number of carbonyl (C=O) groups is 2. The summed E-state index contributed by atoms with van der Waals surface area (Å²) in [6.07, 6.45) is 0.895. The molecule has 0 unspecified atom stereocenters. The molecule has 0 amide bonds. The summed E-state index contributed by atoms with van der Waals surface area (Å²) in [7, 11) is 2.07. The van der Waals surface area contributed by atoms with Gasteiger partial charge in [-0.25, -0.2) is 14.3 Å². The maximum atomic E-state index is 11.0. The van der Waals surface area contributed by atoms with Gasteiger partial charge in [-0.3, -0.25) is 4.79 Å². The van der Waals surface area contributed by atoms with Gasteiger partial charge in [-0.15, -0.1) is 0 Å². The number of methoxy groups -OCH3 is 2. The standard InChI is InChI=1S/C11H12N3O2S.C3H3F3O2/c1-16-10(15)4-7-14-5-2-9(3-6-14)11-12-8-13-17-11;1-8-2(7)3(4,5)6/h2-3,5-6,8H,4,7H2,1H3;1H3/q+1;. The van der Waals surface area contributed by atoms with Gasteiger partial charge in [0.1, 0.15) is 17.8 Å². The summed E-state index contributed by atoms with van der Waals surface area (Å²) in [5.74, 6) is -2.37. The van der Waals surface area contributed by atoms with E-state index in [2.05, 4.69) is 18.8 Å². The van der Waals surface area contributed by atoms with Crippen molar-refractivity contribution in [3.05, 3.63) is 30.9 Å². The van der Waals surface area contributed by atoms with Crippen LogP contribution >= 0.6 is 11.5 Å². The molecule has 0 N–H and O–H groups in total. The van der Waals surface area contributed by atoms with E-state index in [-0.39, 0.29) is 5.97 Å². The van der Waals surface area contributed by atoms with Crippen LogP contribution in [-0.2, 0) is 25.6 Å². The number of rotatable bonds is 4. The van der Waals surface area contributed by atoms with Crippen molar-refractivity contribution in [2.45, 2.75) is 19.1 Å². The van der Waals surface area contributed by atoms with Crippen LogP contribution in [0.5, 0.6) is 0 Å². The van der Waals surface area contributed by atoms with Gasteiger partial charge in [-0.1, -0.05) is 0 Å². The maximum Gasteiger partial charge on any atom is 0.490 e. The molecule has 0 aliphatic carbocycles. The topological polar surface area (TPSA) is 82.3 Å². The van der Waals surface area contributed by atoms with Crippen molar-refractivity contribution in [2.24, 2.45) is 0 Å². The van der Waals surface area contributed by atoms with E-state index in [1.807, 2.05) is 29.1 Å². The molecule has 0 aromatic carbocycles. The highest BCUT2D eigenvalue weighted by Crippen LogP contribution is 2.17.